The standard InChI is InChI=1S/C16H20N2O4S/c1-2-8-18(12-7-9-23(20,21)11-12)16(19)10-14-13-5-3-4-6-15(13)22-17-14/h3-6,12H,2,7-11H2,1H3/t12-/m0/s1. The summed E-state index contributed by atoms with van der Waals surface area (Å²) in [6.07, 6.45) is 1.45. The van der Waals surface area contributed by atoms with E-state index in [1.165, 1.54) is 0 Å². The molecule has 0 N–H and O–H groups in total. The van der Waals surface area contributed by atoms with Gasteiger partial charge >= 0.3 is 0 Å². The minimum Gasteiger partial charge on any atom is -0.356 e. The van der Waals surface area contributed by atoms with Crippen LogP contribution >= 0.6 is 0 Å². The molecule has 0 unspecified atom stereocenters. The molecule has 6 nitrogen and oxygen atoms in total. The van der Waals surface area contributed by atoms with Crippen LogP contribution in [0.25, 0.3) is 11.0 Å². The van der Waals surface area contributed by atoms with E-state index in [2.05, 4.69) is 5.16 Å². The van der Waals surface area contributed by atoms with Gasteiger partial charge in [-0.1, -0.05) is 24.2 Å². The third-order valence-corrected chi connectivity index (χ3v) is 5.96. The highest BCUT2D eigenvalue weighted by Crippen LogP contribution is 2.22. The van der Waals surface area contributed by atoms with Crippen molar-refractivity contribution in [2.45, 2.75) is 32.2 Å². The summed E-state index contributed by atoms with van der Waals surface area (Å²) in [5.74, 6) is 0.143. The second-order valence-electron chi connectivity index (χ2n) is 5.95. The van der Waals surface area contributed by atoms with Gasteiger partial charge in [-0.3, -0.25) is 4.79 Å². The molecule has 0 spiro atoms. The van der Waals surface area contributed by atoms with Gasteiger partial charge in [-0.05, 0) is 25.0 Å². The van der Waals surface area contributed by atoms with Crippen LogP contribution in [0.5, 0.6) is 0 Å². The average molecular weight is 336 g/mol. The number of nitrogens with zero attached hydrogens (tertiary/aromatic N) is 2. The summed E-state index contributed by atoms with van der Waals surface area (Å²) < 4.78 is 28.6. The monoisotopic (exact) mass is 336 g/mol. The predicted octanol–water partition coefficient (Wildman–Crippen LogP) is 1.80. The number of amides is 1. The third kappa shape index (κ3) is 3.39. The Morgan fingerprint density at radius 3 is 2.87 bits per heavy atom. The van der Waals surface area contributed by atoms with Crippen LogP contribution in [0.3, 0.4) is 0 Å². The molecule has 1 aromatic carbocycles. The fourth-order valence-corrected chi connectivity index (χ4v) is 4.81. The lowest BCUT2D eigenvalue weighted by Gasteiger charge is -2.27. The summed E-state index contributed by atoms with van der Waals surface area (Å²) in [4.78, 5) is 14.4. The van der Waals surface area contributed by atoms with Gasteiger partial charge in [0.15, 0.2) is 15.4 Å². The molecule has 0 aliphatic carbocycles. The highest BCUT2D eigenvalue weighted by Gasteiger charge is 2.34. The Morgan fingerprint density at radius 2 is 2.17 bits per heavy atom. The highest BCUT2D eigenvalue weighted by molar-refractivity contribution is 7.91. The number of aromatic nitrogens is 1. The van der Waals surface area contributed by atoms with Crippen molar-refractivity contribution >= 4 is 26.7 Å². The molecule has 1 aliphatic rings. The molecule has 1 saturated heterocycles. The molecule has 1 fully saturated rings. The topological polar surface area (TPSA) is 80.5 Å². The van der Waals surface area contributed by atoms with E-state index in [-0.39, 0.29) is 29.9 Å². The number of carbonyl (C=O) groups is 1. The Bertz CT molecular complexity index is 812. The second kappa shape index (κ2) is 6.31. The van der Waals surface area contributed by atoms with Gasteiger partial charge < -0.3 is 9.42 Å². The molecule has 2 aromatic rings. The van der Waals surface area contributed by atoms with E-state index >= 15 is 0 Å². The second-order valence-corrected chi connectivity index (χ2v) is 8.17. The molecule has 124 valence electrons. The quantitative estimate of drug-likeness (QED) is 0.831. The summed E-state index contributed by atoms with van der Waals surface area (Å²) in [5.41, 5.74) is 1.26. The Hall–Kier alpha value is -1.89. The van der Waals surface area contributed by atoms with E-state index in [0.717, 1.165) is 11.8 Å². The number of benzene rings is 1. The van der Waals surface area contributed by atoms with Crippen molar-refractivity contribution in [1.29, 1.82) is 0 Å². The Labute approximate surface area is 135 Å². The third-order valence-electron chi connectivity index (χ3n) is 4.20. The van der Waals surface area contributed by atoms with Crippen LogP contribution in [-0.2, 0) is 21.1 Å². The van der Waals surface area contributed by atoms with E-state index in [1.807, 2.05) is 31.2 Å². The van der Waals surface area contributed by atoms with Crippen molar-refractivity contribution < 1.29 is 17.7 Å². The molecule has 23 heavy (non-hydrogen) atoms. The summed E-state index contributed by atoms with van der Waals surface area (Å²) in [7, 11) is -3.02. The van der Waals surface area contributed by atoms with Crippen LogP contribution in [0.4, 0.5) is 0 Å². The van der Waals surface area contributed by atoms with E-state index in [0.29, 0.717) is 24.2 Å². The van der Waals surface area contributed by atoms with Gasteiger partial charge in [0.2, 0.25) is 5.91 Å². The van der Waals surface area contributed by atoms with Gasteiger partial charge in [-0.15, -0.1) is 0 Å². The number of hydrogen-bond acceptors (Lipinski definition) is 5. The number of carbonyl (C=O) groups excluding carboxylic acids is 1. The van der Waals surface area contributed by atoms with Crippen molar-refractivity contribution in [2.24, 2.45) is 0 Å². The first-order valence-corrected chi connectivity index (χ1v) is 9.65. The maximum absolute atomic E-state index is 12.7. The molecule has 0 saturated carbocycles. The molecule has 1 aliphatic heterocycles. The Kier molecular flexibility index (Phi) is 4.39. The summed E-state index contributed by atoms with van der Waals surface area (Å²) in [6.45, 7) is 2.55. The maximum atomic E-state index is 12.7. The van der Waals surface area contributed by atoms with Crippen molar-refractivity contribution in [3.8, 4) is 0 Å². The summed E-state index contributed by atoms with van der Waals surface area (Å²) in [6, 6.07) is 7.19. The molecule has 0 radical (unpaired) electrons. The number of hydrogen-bond donors (Lipinski definition) is 0. The predicted molar refractivity (Wildman–Crippen MR) is 86.8 cm³/mol. The number of sulfone groups is 1. The zero-order valence-corrected chi connectivity index (χ0v) is 13.9. The van der Waals surface area contributed by atoms with Crippen LogP contribution in [0.15, 0.2) is 28.8 Å². The first kappa shape index (κ1) is 16.0. The lowest BCUT2D eigenvalue weighted by atomic mass is 10.1. The van der Waals surface area contributed by atoms with Crippen molar-refractivity contribution in [3.05, 3.63) is 30.0 Å². The molecule has 2 heterocycles. The minimum absolute atomic E-state index is 0.0678. The smallest absolute Gasteiger partial charge is 0.229 e. The number of rotatable bonds is 5. The lowest BCUT2D eigenvalue weighted by molar-refractivity contribution is -0.132. The molecule has 1 aromatic heterocycles. The van der Waals surface area contributed by atoms with Crippen LogP contribution in [0.2, 0.25) is 0 Å². The fraction of sp³-hybridized carbons (Fsp3) is 0.500. The summed E-state index contributed by atoms with van der Waals surface area (Å²) >= 11 is 0. The van der Waals surface area contributed by atoms with Gasteiger partial charge in [-0.25, -0.2) is 8.42 Å². The highest BCUT2D eigenvalue weighted by atomic mass is 32.2. The molecule has 1 amide bonds. The van der Waals surface area contributed by atoms with Crippen LogP contribution in [0.1, 0.15) is 25.5 Å². The van der Waals surface area contributed by atoms with Gasteiger partial charge in [0.25, 0.3) is 0 Å². The number of para-hydroxylation sites is 1. The van der Waals surface area contributed by atoms with E-state index in [4.69, 9.17) is 4.52 Å². The van der Waals surface area contributed by atoms with Gasteiger partial charge in [0.05, 0.1) is 17.9 Å². The molecular weight excluding hydrogens is 316 g/mol. The molecule has 0 bridgehead atoms. The lowest BCUT2D eigenvalue weighted by Crippen LogP contribution is -2.42. The van der Waals surface area contributed by atoms with Crippen molar-refractivity contribution in [3.63, 3.8) is 0 Å². The first-order chi connectivity index (χ1) is 11.0. The fourth-order valence-electron chi connectivity index (χ4n) is 3.08. The Balaban J connectivity index is 1.79. The van der Waals surface area contributed by atoms with Crippen molar-refractivity contribution in [1.82, 2.24) is 10.1 Å². The zero-order valence-electron chi connectivity index (χ0n) is 13.1. The van der Waals surface area contributed by atoms with Gasteiger partial charge in [-0.2, -0.15) is 0 Å². The molecule has 1 atom stereocenters. The minimum atomic E-state index is -3.02. The summed E-state index contributed by atoms with van der Waals surface area (Å²) in [5, 5.41) is 4.82. The van der Waals surface area contributed by atoms with E-state index in [1.54, 1.807) is 4.90 Å². The van der Waals surface area contributed by atoms with Crippen molar-refractivity contribution in [2.75, 3.05) is 18.1 Å². The average Bonchev–Trinajstić information content (AvgIpc) is 3.08. The van der Waals surface area contributed by atoms with Crippen LogP contribution in [-0.4, -0.2) is 48.5 Å². The first-order valence-electron chi connectivity index (χ1n) is 7.83. The van der Waals surface area contributed by atoms with E-state index in [9.17, 15) is 13.2 Å². The van der Waals surface area contributed by atoms with Gasteiger partial charge in [0, 0.05) is 18.0 Å². The Morgan fingerprint density at radius 1 is 1.39 bits per heavy atom. The molecular formula is C16H20N2O4S. The maximum Gasteiger partial charge on any atom is 0.229 e. The zero-order chi connectivity index (χ0) is 16.4. The van der Waals surface area contributed by atoms with Gasteiger partial charge in [0.1, 0.15) is 5.69 Å². The van der Waals surface area contributed by atoms with Crippen LogP contribution < -0.4 is 0 Å². The molecule has 3 rings (SSSR count). The SMILES string of the molecule is CCCN(C(=O)Cc1noc2ccccc12)[C@H]1CCS(=O)(=O)C1. The molecule has 7 heteroatoms. The number of fused-ring (bicyclic) bond motifs is 1. The largest absolute Gasteiger partial charge is 0.356 e. The normalized spacial score (nSPS) is 20.0. The van der Waals surface area contributed by atoms with Crippen LogP contribution in [0, 0.1) is 0 Å². The van der Waals surface area contributed by atoms with E-state index < -0.39 is 9.84 Å².